The topological polar surface area (TPSA) is 83.4 Å². The highest BCUT2D eigenvalue weighted by atomic mass is 32.2. The molecular formula is C22H34N6O2S. The number of amides is 2. The molecule has 1 atom stereocenters. The molecule has 1 unspecified atom stereocenters. The second kappa shape index (κ2) is 11.9. The van der Waals surface area contributed by atoms with Crippen molar-refractivity contribution in [1.82, 2.24) is 24.6 Å². The Balaban J connectivity index is 2.04. The Morgan fingerprint density at radius 1 is 1.10 bits per heavy atom. The van der Waals surface area contributed by atoms with E-state index in [1.807, 2.05) is 14.1 Å². The van der Waals surface area contributed by atoms with Gasteiger partial charge in [-0.15, -0.1) is 10.2 Å². The van der Waals surface area contributed by atoms with Gasteiger partial charge in [-0.2, -0.15) is 0 Å². The van der Waals surface area contributed by atoms with E-state index in [0.717, 1.165) is 36.8 Å². The minimum Gasteiger partial charge on any atom is -0.345 e. The van der Waals surface area contributed by atoms with Gasteiger partial charge >= 0.3 is 0 Å². The molecule has 0 aliphatic carbocycles. The van der Waals surface area contributed by atoms with Crippen LogP contribution < -0.4 is 5.32 Å². The number of hydrogen-bond donors (Lipinski definition) is 1. The summed E-state index contributed by atoms with van der Waals surface area (Å²) in [5.41, 5.74) is 1.24. The van der Waals surface area contributed by atoms with Gasteiger partial charge in [-0.3, -0.25) is 14.5 Å². The second-order valence-electron chi connectivity index (χ2n) is 7.85. The highest BCUT2D eigenvalue weighted by molar-refractivity contribution is 7.99. The summed E-state index contributed by atoms with van der Waals surface area (Å²) in [7, 11) is 7.51. The van der Waals surface area contributed by atoms with Crippen LogP contribution in [0.15, 0.2) is 29.4 Å². The molecule has 9 heteroatoms. The van der Waals surface area contributed by atoms with Gasteiger partial charge in [0.1, 0.15) is 0 Å². The first-order valence-corrected chi connectivity index (χ1v) is 11.6. The summed E-state index contributed by atoms with van der Waals surface area (Å²) in [6.45, 7) is 5.14. The molecular weight excluding hydrogens is 412 g/mol. The molecule has 2 aromatic rings. The van der Waals surface area contributed by atoms with Crippen LogP contribution >= 0.6 is 11.8 Å². The van der Waals surface area contributed by atoms with Crippen LogP contribution in [0.2, 0.25) is 0 Å². The maximum Gasteiger partial charge on any atom is 0.253 e. The molecule has 8 nitrogen and oxygen atoms in total. The largest absolute Gasteiger partial charge is 0.345 e. The summed E-state index contributed by atoms with van der Waals surface area (Å²) in [6, 6.07) is 7.10. The SMILES string of the molecule is CCCCn1c(SCC(=O)Nc2ccc(C(=O)N(C)C)cc2)nnc1C(CC)N(C)C. The van der Waals surface area contributed by atoms with Crippen molar-refractivity contribution in [1.29, 1.82) is 0 Å². The number of aromatic nitrogens is 3. The minimum absolute atomic E-state index is 0.0706. The molecule has 0 radical (unpaired) electrons. The number of thioether (sulfide) groups is 1. The first-order valence-electron chi connectivity index (χ1n) is 10.6. The summed E-state index contributed by atoms with van der Waals surface area (Å²) in [4.78, 5) is 28.1. The van der Waals surface area contributed by atoms with Gasteiger partial charge < -0.3 is 14.8 Å². The summed E-state index contributed by atoms with van der Waals surface area (Å²) in [6.07, 6.45) is 3.05. The molecule has 170 valence electrons. The Morgan fingerprint density at radius 3 is 2.32 bits per heavy atom. The molecule has 1 N–H and O–H groups in total. The number of hydrogen-bond acceptors (Lipinski definition) is 6. The Labute approximate surface area is 189 Å². The highest BCUT2D eigenvalue weighted by Gasteiger charge is 2.22. The predicted molar refractivity (Wildman–Crippen MR) is 125 cm³/mol. The van der Waals surface area contributed by atoms with Crippen LogP contribution in [0.3, 0.4) is 0 Å². The van der Waals surface area contributed by atoms with Gasteiger partial charge in [0.2, 0.25) is 5.91 Å². The van der Waals surface area contributed by atoms with Crippen LogP contribution in [-0.4, -0.2) is 70.3 Å². The van der Waals surface area contributed by atoms with Crippen molar-refractivity contribution in [3.63, 3.8) is 0 Å². The van der Waals surface area contributed by atoms with Crippen molar-refractivity contribution in [3.8, 4) is 0 Å². The maximum atomic E-state index is 12.5. The first kappa shape index (κ1) is 24.9. The summed E-state index contributed by atoms with van der Waals surface area (Å²) in [5.74, 6) is 0.994. The van der Waals surface area contributed by atoms with Crippen molar-refractivity contribution in [3.05, 3.63) is 35.7 Å². The van der Waals surface area contributed by atoms with E-state index in [4.69, 9.17) is 0 Å². The van der Waals surface area contributed by atoms with E-state index in [-0.39, 0.29) is 23.6 Å². The van der Waals surface area contributed by atoms with Crippen LogP contribution in [0.4, 0.5) is 5.69 Å². The Hall–Kier alpha value is -2.39. The Bertz CT molecular complexity index is 863. The van der Waals surface area contributed by atoms with Crippen molar-refractivity contribution >= 4 is 29.3 Å². The van der Waals surface area contributed by atoms with E-state index in [1.165, 1.54) is 16.7 Å². The number of carbonyl (C=O) groups is 2. The van der Waals surface area contributed by atoms with Gasteiger partial charge in [0.25, 0.3) is 5.91 Å². The zero-order valence-corrected chi connectivity index (χ0v) is 20.2. The minimum atomic E-state index is -0.122. The number of nitrogens with zero attached hydrogens (tertiary/aromatic N) is 5. The van der Waals surface area contributed by atoms with Crippen molar-refractivity contribution in [2.24, 2.45) is 0 Å². The van der Waals surface area contributed by atoms with E-state index < -0.39 is 0 Å². The first-order chi connectivity index (χ1) is 14.8. The third-order valence-electron chi connectivity index (χ3n) is 4.94. The zero-order chi connectivity index (χ0) is 23.0. The normalized spacial score (nSPS) is 12.1. The lowest BCUT2D eigenvalue weighted by Crippen LogP contribution is -2.23. The zero-order valence-electron chi connectivity index (χ0n) is 19.4. The van der Waals surface area contributed by atoms with Gasteiger partial charge in [0, 0.05) is 31.9 Å². The van der Waals surface area contributed by atoms with Crippen molar-refractivity contribution < 1.29 is 9.59 Å². The Morgan fingerprint density at radius 2 is 1.77 bits per heavy atom. The van der Waals surface area contributed by atoms with E-state index in [1.54, 1.807) is 38.4 Å². The quantitative estimate of drug-likeness (QED) is 0.532. The van der Waals surface area contributed by atoms with E-state index in [2.05, 4.69) is 38.8 Å². The van der Waals surface area contributed by atoms with Gasteiger partial charge in [0.15, 0.2) is 11.0 Å². The Kier molecular flexibility index (Phi) is 9.51. The number of anilines is 1. The van der Waals surface area contributed by atoms with Crippen LogP contribution in [0, 0.1) is 0 Å². The van der Waals surface area contributed by atoms with Crippen molar-refractivity contribution in [2.45, 2.75) is 50.9 Å². The molecule has 0 aliphatic heterocycles. The predicted octanol–water partition coefficient (Wildman–Crippen LogP) is 3.52. The van der Waals surface area contributed by atoms with Gasteiger partial charge in [-0.1, -0.05) is 32.0 Å². The molecule has 0 fully saturated rings. The lowest BCUT2D eigenvalue weighted by atomic mass is 10.2. The molecule has 31 heavy (non-hydrogen) atoms. The summed E-state index contributed by atoms with van der Waals surface area (Å²) < 4.78 is 2.15. The number of nitrogens with one attached hydrogen (secondary N) is 1. The lowest BCUT2D eigenvalue weighted by Gasteiger charge is -2.23. The molecule has 0 saturated carbocycles. The van der Waals surface area contributed by atoms with E-state index in [0.29, 0.717) is 11.3 Å². The molecule has 0 bridgehead atoms. The fourth-order valence-electron chi connectivity index (χ4n) is 3.24. The van der Waals surface area contributed by atoms with Crippen LogP contribution in [0.5, 0.6) is 0 Å². The number of carbonyl (C=O) groups excluding carboxylic acids is 2. The van der Waals surface area contributed by atoms with Crippen LogP contribution in [0.1, 0.15) is 55.3 Å². The fraction of sp³-hybridized carbons (Fsp3) is 0.545. The highest BCUT2D eigenvalue weighted by Crippen LogP contribution is 2.26. The van der Waals surface area contributed by atoms with E-state index in [9.17, 15) is 9.59 Å². The monoisotopic (exact) mass is 446 g/mol. The number of rotatable bonds is 11. The third-order valence-corrected chi connectivity index (χ3v) is 5.91. The lowest BCUT2D eigenvalue weighted by molar-refractivity contribution is -0.113. The maximum absolute atomic E-state index is 12.5. The number of benzene rings is 1. The average Bonchev–Trinajstić information content (AvgIpc) is 3.13. The van der Waals surface area contributed by atoms with E-state index >= 15 is 0 Å². The molecule has 0 aliphatic rings. The summed E-state index contributed by atoms with van der Waals surface area (Å²) in [5, 5.41) is 12.5. The molecule has 2 amide bonds. The summed E-state index contributed by atoms with van der Waals surface area (Å²) >= 11 is 1.40. The van der Waals surface area contributed by atoms with Crippen LogP contribution in [-0.2, 0) is 11.3 Å². The second-order valence-corrected chi connectivity index (χ2v) is 8.79. The number of unbranched alkanes of at least 4 members (excludes halogenated alkanes) is 1. The fourth-order valence-corrected chi connectivity index (χ4v) is 4.01. The third kappa shape index (κ3) is 6.80. The molecule has 0 spiro atoms. The van der Waals surface area contributed by atoms with Gasteiger partial charge in [0.05, 0.1) is 11.8 Å². The molecule has 1 aromatic heterocycles. The average molecular weight is 447 g/mol. The molecule has 2 rings (SSSR count). The standard InChI is InChI=1S/C22H34N6O2S/c1-7-9-14-28-20(18(8-2)26(3)4)24-25-22(28)31-15-19(29)23-17-12-10-16(11-13-17)21(30)27(5)6/h10-13,18H,7-9,14-15H2,1-6H3,(H,23,29). The van der Waals surface area contributed by atoms with Gasteiger partial charge in [-0.05, 0) is 51.2 Å². The molecule has 0 saturated heterocycles. The van der Waals surface area contributed by atoms with Crippen LogP contribution in [0.25, 0.3) is 0 Å². The molecule has 1 heterocycles. The smallest absolute Gasteiger partial charge is 0.253 e. The molecule has 1 aromatic carbocycles. The van der Waals surface area contributed by atoms with Gasteiger partial charge in [-0.25, -0.2) is 0 Å². The van der Waals surface area contributed by atoms with Crippen molar-refractivity contribution in [2.75, 3.05) is 39.3 Å².